The van der Waals surface area contributed by atoms with Crippen molar-refractivity contribution < 1.29 is 24.2 Å². The summed E-state index contributed by atoms with van der Waals surface area (Å²) < 4.78 is 5.33. The lowest BCUT2D eigenvalue weighted by atomic mass is 9.82. The highest BCUT2D eigenvalue weighted by atomic mass is 16.6. The Balaban J connectivity index is 2.01. The standard InChI is InChI=1S/C29H48N4O5/c1-20(18-30)15-25(34)23(16-21-11-7-5-8-12-21)32-26(35)19-31-27(36)24(17-22-13-9-6-10-14-22)33-28(37)38-29(2,3)4/h6,9-10,13-14,20-21,23-25,34H,5,7-8,11-12,15-19,30H2,1-4H3,(H,31,36)(H,32,35)(H,33,37)/t20-,23-,24-,25-/m0/s1. The highest BCUT2D eigenvalue weighted by molar-refractivity contribution is 5.89. The molecule has 1 aliphatic carbocycles. The summed E-state index contributed by atoms with van der Waals surface area (Å²) in [5.74, 6) is -0.279. The van der Waals surface area contributed by atoms with Crippen LogP contribution in [0.4, 0.5) is 4.79 Å². The number of aliphatic hydroxyl groups is 1. The van der Waals surface area contributed by atoms with Crippen LogP contribution in [0.25, 0.3) is 0 Å². The van der Waals surface area contributed by atoms with Crippen molar-refractivity contribution in [1.29, 1.82) is 0 Å². The SMILES string of the molecule is C[C@H](CN)C[C@H](O)[C@H](CC1CCCCC1)NC(=O)CNC(=O)[C@H](Cc1ccccc1)NC(=O)OC(C)(C)C. The van der Waals surface area contributed by atoms with Crippen LogP contribution in [0, 0.1) is 11.8 Å². The second-order valence-corrected chi connectivity index (χ2v) is 11.7. The van der Waals surface area contributed by atoms with Crippen molar-refractivity contribution in [3.8, 4) is 0 Å². The maximum absolute atomic E-state index is 13.0. The summed E-state index contributed by atoms with van der Waals surface area (Å²) in [6.45, 7) is 7.42. The first kappa shape index (κ1) is 31.6. The second kappa shape index (κ2) is 15.7. The number of nitrogens with two attached hydrogens (primary N) is 1. The Bertz CT molecular complexity index is 867. The number of nitrogens with one attached hydrogen (secondary N) is 3. The predicted molar refractivity (Wildman–Crippen MR) is 148 cm³/mol. The van der Waals surface area contributed by atoms with Crippen LogP contribution in [0.1, 0.15) is 78.2 Å². The third-order valence-electron chi connectivity index (χ3n) is 6.88. The van der Waals surface area contributed by atoms with E-state index in [1.807, 2.05) is 37.3 Å². The summed E-state index contributed by atoms with van der Waals surface area (Å²) in [6, 6.07) is 7.98. The van der Waals surface area contributed by atoms with Crippen molar-refractivity contribution in [2.24, 2.45) is 17.6 Å². The van der Waals surface area contributed by atoms with E-state index in [2.05, 4.69) is 16.0 Å². The molecule has 0 spiro atoms. The lowest BCUT2D eigenvalue weighted by Gasteiger charge is -2.31. The number of amides is 3. The monoisotopic (exact) mass is 532 g/mol. The number of alkyl carbamates (subject to hydrolysis) is 1. The van der Waals surface area contributed by atoms with Crippen molar-refractivity contribution in [3.63, 3.8) is 0 Å². The van der Waals surface area contributed by atoms with E-state index in [1.54, 1.807) is 20.8 Å². The topological polar surface area (TPSA) is 143 Å². The summed E-state index contributed by atoms with van der Waals surface area (Å²) in [6.07, 6.45) is 5.79. The van der Waals surface area contributed by atoms with Gasteiger partial charge in [0.25, 0.3) is 0 Å². The lowest BCUT2D eigenvalue weighted by molar-refractivity contribution is -0.128. The van der Waals surface area contributed by atoms with E-state index in [0.29, 0.717) is 25.3 Å². The number of hydrogen-bond acceptors (Lipinski definition) is 6. The Morgan fingerprint density at radius 3 is 2.34 bits per heavy atom. The zero-order chi connectivity index (χ0) is 28.1. The quantitative estimate of drug-likeness (QED) is 0.264. The molecule has 1 fully saturated rings. The molecule has 1 saturated carbocycles. The van der Waals surface area contributed by atoms with Crippen LogP contribution in [-0.2, 0) is 20.7 Å². The van der Waals surface area contributed by atoms with E-state index in [-0.39, 0.29) is 24.8 Å². The largest absolute Gasteiger partial charge is 0.444 e. The van der Waals surface area contributed by atoms with Gasteiger partial charge in [0.15, 0.2) is 0 Å². The van der Waals surface area contributed by atoms with Gasteiger partial charge >= 0.3 is 6.09 Å². The van der Waals surface area contributed by atoms with Crippen LogP contribution >= 0.6 is 0 Å². The van der Waals surface area contributed by atoms with Gasteiger partial charge in [-0.3, -0.25) is 9.59 Å². The van der Waals surface area contributed by atoms with Gasteiger partial charge in [-0.1, -0.05) is 69.4 Å². The molecule has 9 heteroatoms. The van der Waals surface area contributed by atoms with E-state index in [0.717, 1.165) is 18.4 Å². The molecule has 0 aromatic heterocycles. The average Bonchev–Trinajstić information content (AvgIpc) is 2.86. The van der Waals surface area contributed by atoms with Crippen LogP contribution < -0.4 is 21.7 Å². The first-order chi connectivity index (χ1) is 18.0. The van der Waals surface area contributed by atoms with Gasteiger partial charge in [0.1, 0.15) is 11.6 Å². The molecule has 0 unspecified atom stereocenters. The number of ether oxygens (including phenoxy) is 1. The fraction of sp³-hybridized carbons (Fsp3) is 0.690. The molecule has 9 nitrogen and oxygen atoms in total. The van der Waals surface area contributed by atoms with Gasteiger partial charge in [0, 0.05) is 6.42 Å². The third-order valence-corrected chi connectivity index (χ3v) is 6.88. The number of rotatable bonds is 13. The minimum Gasteiger partial charge on any atom is -0.444 e. The maximum atomic E-state index is 13.0. The minimum atomic E-state index is -0.922. The van der Waals surface area contributed by atoms with E-state index in [4.69, 9.17) is 10.5 Å². The fourth-order valence-corrected chi connectivity index (χ4v) is 4.82. The number of hydrogen-bond donors (Lipinski definition) is 5. The summed E-state index contributed by atoms with van der Waals surface area (Å²) >= 11 is 0. The zero-order valence-corrected chi connectivity index (χ0v) is 23.5. The van der Waals surface area contributed by atoms with Crippen LogP contribution in [0.2, 0.25) is 0 Å². The molecular weight excluding hydrogens is 484 g/mol. The Labute approximate surface area is 227 Å². The number of benzene rings is 1. The molecule has 0 radical (unpaired) electrons. The molecule has 3 amide bonds. The van der Waals surface area contributed by atoms with E-state index in [9.17, 15) is 19.5 Å². The minimum absolute atomic E-state index is 0.133. The summed E-state index contributed by atoms with van der Waals surface area (Å²) in [5, 5.41) is 19.1. The normalized spacial score (nSPS) is 17.5. The predicted octanol–water partition coefficient (Wildman–Crippen LogP) is 3.04. The molecule has 4 atom stereocenters. The molecule has 6 N–H and O–H groups in total. The smallest absolute Gasteiger partial charge is 0.408 e. The Kier molecular flexibility index (Phi) is 13.0. The Morgan fingerprint density at radius 2 is 1.74 bits per heavy atom. The highest BCUT2D eigenvalue weighted by Gasteiger charge is 2.28. The van der Waals surface area contributed by atoms with Crippen LogP contribution in [-0.4, -0.2) is 59.9 Å². The number of carbonyl (C=O) groups excluding carboxylic acids is 3. The van der Waals surface area contributed by atoms with Gasteiger partial charge in [-0.25, -0.2) is 4.79 Å². The van der Waals surface area contributed by atoms with Crippen molar-refractivity contribution in [1.82, 2.24) is 16.0 Å². The molecule has 0 heterocycles. The molecule has 0 bridgehead atoms. The van der Waals surface area contributed by atoms with Gasteiger partial charge < -0.3 is 31.5 Å². The van der Waals surface area contributed by atoms with E-state index in [1.165, 1.54) is 19.3 Å². The van der Waals surface area contributed by atoms with Crippen molar-refractivity contribution in [2.45, 2.75) is 103 Å². The van der Waals surface area contributed by atoms with Gasteiger partial charge in [-0.15, -0.1) is 0 Å². The van der Waals surface area contributed by atoms with E-state index >= 15 is 0 Å². The van der Waals surface area contributed by atoms with Crippen molar-refractivity contribution in [3.05, 3.63) is 35.9 Å². The second-order valence-electron chi connectivity index (χ2n) is 11.7. The first-order valence-corrected chi connectivity index (χ1v) is 14.0. The molecule has 214 valence electrons. The average molecular weight is 533 g/mol. The lowest BCUT2D eigenvalue weighted by Crippen LogP contribution is -2.53. The first-order valence-electron chi connectivity index (χ1n) is 14.0. The van der Waals surface area contributed by atoms with Gasteiger partial charge in [-0.05, 0) is 57.6 Å². The third kappa shape index (κ3) is 12.3. The fourth-order valence-electron chi connectivity index (χ4n) is 4.82. The number of carbonyl (C=O) groups is 3. The highest BCUT2D eigenvalue weighted by Crippen LogP contribution is 2.28. The zero-order valence-electron chi connectivity index (χ0n) is 23.5. The van der Waals surface area contributed by atoms with Crippen LogP contribution in [0.15, 0.2) is 30.3 Å². The maximum Gasteiger partial charge on any atom is 0.408 e. The molecule has 1 aromatic carbocycles. The van der Waals surface area contributed by atoms with Crippen molar-refractivity contribution in [2.75, 3.05) is 13.1 Å². The van der Waals surface area contributed by atoms with Gasteiger partial charge in [-0.2, -0.15) is 0 Å². The van der Waals surface area contributed by atoms with Crippen LogP contribution in [0.5, 0.6) is 0 Å². The Morgan fingerprint density at radius 1 is 1.08 bits per heavy atom. The summed E-state index contributed by atoms with van der Waals surface area (Å²) in [7, 11) is 0. The molecule has 0 saturated heterocycles. The Hall–Kier alpha value is -2.65. The molecule has 1 aliphatic rings. The molecule has 2 rings (SSSR count). The van der Waals surface area contributed by atoms with Gasteiger partial charge in [0.2, 0.25) is 11.8 Å². The van der Waals surface area contributed by atoms with Crippen LogP contribution in [0.3, 0.4) is 0 Å². The molecular formula is C29H48N4O5. The van der Waals surface area contributed by atoms with Crippen molar-refractivity contribution >= 4 is 17.9 Å². The number of aliphatic hydroxyl groups excluding tert-OH is 1. The van der Waals surface area contributed by atoms with Gasteiger partial charge in [0.05, 0.1) is 18.7 Å². The molecule has 1 aromatic rings. The molecule has 0 aliphatic heterocycles. The summed E-state index contributed by atoms with van der Waals surface area (Å²) in [5.41, 5.74) is 5.90. The molecule has 38 heavy (non-hydrogen) atoms. The van der Waals surface area contributed by atoms with E-state index < -0.39 is 35.8 Å². The summed E-state index contributed by atoms with van der Waals surface area (Å²) in [4.78, 5) is 38.3.